The Bertz CT molecular complexity index is 3620. The van der Waals surface area contributed by atoms with Gasteiger partial charge in [-0.05, 0) is 81.1 Å². The summed E-state index contributed by atoms with van der Waals surface area (Å²) in [7, 11) is 0. The van der Waals surface area contributed by atoms with Gasteiger partial charge in [0.15, 0.2) is 5.82 Å². The van der Waals surface area contributed by atoms with Crippen molar-refractivity contribution in [3.8, 4) is 56.3 Å². The van der Waals surface area contributed by atoms with Gasteiger partial charge >= 0.3 is 0 Å². The third kappa shape index (κ3) is 4.55. The van der Waals surface area contributed by atoms with E-state index in [1.165, 1.54) is 93.6 Å². The van der Waals surface area contributed by atoms with Crippen LogP contribution < -0.4 is 16.4 Å². The Hall–Kier alpha value is -8.02. The lowest BCUT2D eigenvalue weighted by Crippen LogP contribution is -2.59. The highest BCUT2D eigenvalue weighted by Crippen LogP contribution is 2.42. The van der Waals surface area contributed by atoms with Crippen molar-refractivity contribution >= 4 is 77.6 Å². The molecule has 0 aliphatic carbocycles. The topological polar surface area (TPSA) is 35.6 Å². The van der Waals surface area contributed by atoms with Crippen molar-refractivity contribution in [2.45, 2.75) is 0 Å². The lowest BCUT2D eigenvalue weighted by atomic mass is 9.34. The molecule has 5 heteroatoms. The zero-order valence-corrected chi connectivity index (χ0v) is 32.9. The number of hydrogen-bond donors (Lipinski definition) is 0. The maximum atomic E-state index is 5.45. The van der Waals surface area contributed by atoms with E-state index in [1.807, 2.05) is 0 Å². The summed E-state index contributed by atoms with van der Waals surface area (Å²) in [4.78, 5) is 10.8. The van der Waals surface area contributed by atoms with Crippen LogP contribution in [0.3, 0.4) is 0 Å². The van der Waals surface area contributed by atoms with Crippen LogP contribution in [0.4, 0.5) is 0 Å². The number of nitrogens with zero attached hydrogens (tertiary/aromatic N) is 4. The van der Waals surface area contributed by atoms with Crippen LogP contribution in [0.25, 0.3) is 111 Å². The van der Waals surface area contributed by atoms with E-state index >= 15 is 0 Å². The van der Waals surface area contributed by atoms with E-state index in [0.29, 0.717) is 5.82 Å². The Morgan fingerprint density at radius 3 is 1.39 bits per heavy atom. The molecule has 0 radical (unpaired) electrons. The summed E-state index contributed by atoms with van der Waals surface area (Å²) in [6.07, 6.45) is 0. The second-order valence-electron chi connectivity index (χ2n) is 16.5. The fourth-order valence-electron chi connectivity index (χ4n) is 10.7. The standard InChI is InChI=1S/C56H33BN4/c1-4-14-34(15-5-1)37-26-28-48-43(30-37)40-21-12-23-45-54(40)60(48)50-32-39(56-58-47-25-11-10-20-42(47)53(59-56)36-18-8-3-9-19-36)33-51-52(50)57(45)46-24-13-22-41-44-31-38(35-16-6-2-7-17-35)27-29-49(44)61(51)55(41)46/h1-33H. The van der Waals surface area contributed by atoms with Crippen molar-refractivity contribution < 1.29 is 0 Å². The lowest BCUT2D eigenvalue weighted by Gasteiger charge is -2.34. The van der Waals surface area contributed by atoms with Gasteiger partial charge in [0.25, 0.3) is 6.71 Å². The lowest BCUT2D eigenvalue weighted by molar-refractivity contribution is 1.13. The van der Waals surface area contributed by atoms with E-state index in [-0.39, 0.29) is 6.71 Å². The van der Waals surface area contributed by atoms with E-state index in [1.54, 1.807) is 0 Å². The van der Waals surface area contributed by atoms with Crippen LogP contribution in [0.2, 0.25) is 0 Å². The molecule has 0 fully saturated rings. The highest BCUT2D eigenvalue weighted by Gasteiger charge is 2.41. The Kier molecular flexibility index (Phi) is 6.61. The quantitative estimate of drug-likeness (QED) is 0.167. The molecular weight excluding hydrogens is 739 g/mol. The van der Waals surface area contributed by atoms with Crippen molar-refractivity contribution in [3.05, 3.63) is 200 Å². The van der Waals surface area contributed by atoms with Gasteiger partial charge in [0.05, 0.1) is 22.2 Å². The zero-order chi connectivity index (χ0) is 39.8. The summed E-state index contributed by atoms with van der Waals surface area (Å²) in [6.45, 7) is 0.0275. The van der Waals surface area contributed by atoms with Gasteiger partial charge in [-0.25, -0.2) is 9.97 Å². The molecule has 4 nitrogen and oxygen atoms in total. The zero-order valence-electron chi connectivity index (χ0n) is 32.9. The first-order chi connectivity index (χ1) is 30.3. The summed E-state index contributed by atoms with van der Waals surface area (Å²) in [5, 5.41) is 6.07. The van der Waals surface area contributed by atoms with Gasteiger partial charge in [-0.2, -0.15) is 0 Å². The summed E-state index contributed by atoms with van der Waals surface area (Å²) in [5.41, 5.74) is 20.0. The maximum Gasteiger partial charge on any atom is 0.252 e. The monoisotopic (exact) mass is 772 g/mol. The van der Waals surface area contributed by atoms with E-state index in [9.17, 15) is 0 Å². The minimum atomic E-state index is 0.0275. The number of hydrogen-bond acceptors (Lipinski definition) is 2. The van der Waals surface area contributed by atoms with Crippen LogP contribution >= 0.6 is 0 Å². The molecule has 3 aromatic heterocycles. The van der Waals surface area contributed by atoms with Gasteiger partial charge in [-0.15, -0.1) is 0 Å². The van der Waals surface area contributed by atoms with Gasteiger partial charge in [0.2, 0.25) is 0 Å². The highest BCUT2D eigenvalue weighted by molar-refractivity contribution is 7.00. The van der Waals surface area contributed by atoms with Crippen molar-refractivity contribution in [1.82, 2.24) is 19.1 Å². The molecule has 0 spiro atoms. The molecule has 0 amide bonds. The average Bonchev–Trinajstić information content (AvgIpc) is 3.85. The largest absolute Gasteiger partial charge is 0.310 e. The molecule has 12 aromatic rings. The molecule has 2 aliphatic rings. The van der Waals surface area contributed by atoms with Gasteiger partial charge in [-0.1, -0.05) is 158 Å². The predicted octanol–water partition coefficient (Wildman–Crippen LogP) is 11.6. The Balaban J connectivity index is 1.12. The molecule has 0 atom stereocenters. The normalized spacial score (nSPS) is 12.6. The molecule has 14 rings (SSSR count). The number of fused-ring (bicyclic) bond motifs is 11. The molecular formula is C56H33BN4. The molecule has 2 aliphatic heterocycles. The van der Waals surface area contributed by atoms with E-state index < -0.39 is 0 Å². The number of rotatable bonds is 4. The second-order valence-corrected chi connectivity index (χ2v) is 16.5. The maximum absolute atomic E-state index is 5.45. The van der Waals surface area contributed by atoms with Crippen molar-refractivity contribution in [2.24, 2.45) is 0 Å². The molecule has 9 aromatic carbocycles. The molecule has 0 saturated heterocycles. The van der Waals surface area contributed by atoms with Crippen LogP contribution in [0.15, 0.2) is 200 Å². The van der Waals surface area contributed by atoms with Crippen molar-refractivity contribution in [1.29, 1.82) is 0 Å². The van der Waals surface area contributed by atoms with Crippen LogP contribution in [-0.4, -0.2) is 25.8 Å². The van der Waals surface area contributed by atoms with Crippen LogP contribution in [-0.2, 0) is 0 Å². The fraction of sp³-hybridized carbons (Fsp3) is 0. The second kappa shape index (κ2) is 12.3. The van der Waals surface area contributed by atoms with Crippen molar-refractivity contribution in [2.75, 3.05) is 0 Å². The molecule has 0 N–H and O–H groups in total. The minimum Gasteiger partial charge on any atom is -0.310 e. The minimum absolute atomic E-state index is 0.0275. The third-order valence-electron chi connectivity index (χ3n) is 13.3. The first-order valence-corrected chi connectivity index (χ1v) is 21.0. The molecule has 280 valence electrons. The Morgan fingerprint density at radius 1 is 0.344 bits per heavy atom. The molecule has 0 bridgehead atoms. The molecule has 0 saturated carbocycles. The van der Waals surface area contributed by atoms with Crippen LogP contribution in [0.5, 0.6) is 0 Å². The van der Waals surface area contributed by atoms with Gasteiger partial charge in [0.1, 0.15) is 0 Å². The van der Waals surface area contributed by atoms with Gasteiger partial charge in [-0.3, -0.25) is 0 Å². The van der Waals surface area contributed by atoms with E-state index in [4.69, 9.17) is 9.97 Å². The molecule has 5 heterocycles. The van der Waals surface area contributed by atoms with Crippen LogP contribution in [0, 0.1) is 0 Å². The van der Waals surface area contributed by atoms with Crippen molar-refractivity contribution in [3.63, 3.8) is 0 Å². The van der Waals surface area contributed by atoms with Crippen LogP contribution in [0.1, 0.15) is 0 Å². The number of aromatic nitrogens is 4. The van der Waals surface area contributed by atoms with Gasteiger partial charge in [0, 0.05) is 60.5 Å². The first-order valence-electron chi connectivity index (χ1n) is 21.0. The highest BCUT2D eigenvalue weighted by atomic mass is 15.0. The van der Waals surface area contributed by atoms with Gasteiger partial charge < -0.3 is 9.13 Å². The summed E-state index contributed by atoms with van der Waals surface area (Å²) >= 11 is 0. The number of para-hydroxylation sites is 3. The SMILES string of the molecule is c1ccc(-c2ccc3c(c2)c2cccc4c2n3-c2cc(-c3nc(-c5ccccc5)c5ccccc5n3)cc3c2B4c2cccc4c5cc(-c6ccccc6)ccc5n-3c24)cc1. The Labute approximate surface area is 351 Å². The average molecular weight is 773 g/mol. The smallest absolute Gasteiger partial charge is 0.252 e. The van der Waals surface area contributed by atoms with E-state index in [0.717, 1.165) is 27.7 Å². The molecule has 0 unspecified atom stereocenters. The number of benzene rings is 9. The predicted molar refractivity (Wildman–Crippen MR) is 255 cm³/mol. The summed E-state index contributed by atoms with van der Waals surface area (Å²) < 4.78 is 5.08. The Morgan fingerprint density at radius 2 is 0.836 bits per heavy atom. The first kappa shape index (κ1) is 32.9. The third-order valence-corrected chi connectivity index (χ3v) is 13.3. The van der Waals surface area contributed by atoms with E-state index in [2.05, 4.69) is 209 Å². The summed E-state index contributed by atoms with van der Waals surface area (Å²) in [5.74, 6) is 0.712. The fourth-order valence-corrected chi connectivity index (χ4v) is 10.7. The molecule has 61 heavy (non-hydrogen) atoms. The summed E-state index contributed by atoms with van der Waals surface area (Å²) in [6, 6.07) is 73.0.